The van der Waals surface area contributed by atoms with Crippen LogP contribution in [0, 0.1) is 0 Å². The molecule has 22 heavy (non-hydrogen) atoms. The fourth-order valence-corrected chi connectivity index (χ4v) is 3.08. The Balaban J connectivity index is 2.85. The summed E-state index contributed by atoms with van der Waals surface area (Å²) in [5.41, 5.74) is 6.37. The Morgan fingerprint density at radius 2 is 2.23 bits per heavy atom. The van der Waals surface area contributed by atoms with Crippen LogP contribution in [0.4, 0.5) is 14.5 Å². The maximum absolute atomic E-state index is 13.4. The third-order valence-electron chi connectivity index (χ3n) is 3.03. The number of alkyl halides is 2. The van der Waals surface area contributed by atoms with E-state index in [1.54, 1.807) is 0 Å². The minimum atomic E-state index is -2.75. The fourth-order valence-electron chi connectivity index (χ4n) is 2.05. The first-order chi connectivity index (χ1) is 10.4. The second-order valence-electron chi connectivity index (χ2n) is 4.45. The summed E-state index contributed by atoms with van der Waals surface area (Å²) in [5, 5.41) is 0.129. The summed E-state index contributed by atoms with van der Waals surface area (Å²) in [6, 6.07) is 1.23. The van der Waals surface area contributed by atoms with Crippen molar-refractivity contribution in [1.82, 2.24) is 4.98 Å². The molecule has 2 rings (SSSR count). The van der Waals surface area contributed by atoms with Gasteiger partial charge in [0.2, 0.25) is 0 Å². The van der Waals surface area contributed by atoms with Crippen molar-refractivity contribution < 1.29 is 13.6 Å². The number of ketones is 1. The van der Waals surface area contributed by atoms with Crippen LogP contribution >= 0.6 is 11.3 Å². The van der Waals surface area contributed by atoms with Crippen molar-refractivity contribution >= 4 is 45.3 Å². The van der Waals surface area contributed by atoms with Gasteiger partial charge in [-0.2, -0.15) is 0 Å². The predicted molar refractivity (Wildman–Crippen MR) is 86.7 cm³/mol. The number of hydrogen-bond acceptors (Lipinski definition) is 5. The average Bonchev–Trinajstić information content (AvgIpc) is 2.81. The van der Waals surface area contributed by atoms with Crippen LogP contribution in [0.2, 0.25) is 0 Å². The van der Waals surface area contributed by atoms with Gasteiger partial charge < -0.3 is 5.73 Å². The number of fused-ring (bicyclic) bond motifs is 1. The van der Waals surface area contributed by atoms with Crippen LogP contribution in [0.3, 0.4) is 0 Å². The molecule has 2 N–H and O–H groups in total. The van der Waals surface area contributed by atoms with Gasteiger partial charge in [-0.15, -0.1) is 11.3 Å². The van der Waals surface area contributed by atoms with Crippen LogP contribution < -0.4 is 5.73 Å². The van der Waals surface area contributed by atoms with Crippen molar-refractivity contribution in [3.05, 3.63) is 41.1 Å². The topological polar surface area (TPSA) is 68.3 Å². The number of carbonyl (C=O) groups is 1. The monoisotopic (exact) mass is 321 g/mol. The number of carbonyl (C=O) groups excluding carboxylic acids is 1. The largest absolute Gasteiger partial charge is 0.397 e. The molecular weight excluding hydrogens is 308 g/mol. The molecule has 0 unspecified atom stereocenters. The van der Waals surface area contributed by atoms with Gasteiger partial charge in [-0.1, -0.05) is 12.7 Å². The molecule has 0 aliphatic carbocycles. The highest BCUT2D eigenvalue weighted by Gasteiger charge is 2.22. The van der Waals surface area contributed by atoms with Gasteiger partial charge in [0, 0.05) is 29.6 Å². The van der Waals surface area contributed by atoms with Crippen molar-refractivity contribution in [1.29, 1.82) is 0 Å². The Hall–Kier alpha value is -2.41. The Morgan fingerprint density at radius 1 is 1.55 bits per heavy atom. The number of pyridine rings is 1. The standard InChI is InChI=1S/C15H13F2N3OS/c1-4-8(6-19-3)10-5-9(14(16)17)11-12(18)13(7(2)21)22-15(11)20-10/h4-6,14H,1,3,18H2,2H3/b8-6+. The van der Waals surface area contributed by atoms with Crippen LogP contribution in [0.1, 0.15) is 34.3 Å². The molecule has 0 spiro atoms. The van der Waals surface area contributed by atoms with Gasteiger partial charge in [0.25, 0.3) is 6.43 Å². The summed E-state index contributed by atoms with van der Waals surface area (Å²) >= 11 is 0.997. The highest BCUT2D eigenvalue weighted by Crippen LogP contribution is 2.39. The number of nitrogen functional groups attached to an aromatic ring is 1. The third kappa shape index (κ3) is 2.67. The number of nitrogens with two attached hydrogens (primary N) is 1. The van der Waals surface area contributed by atoms with E-state index in [0.29, 0.717) is 5.57 Å². The molecule has 0 aliphatic heterocycles. The third-order valence-corrected chi connectivity index (χ3v) is 4.23. The van der Waals surface area contributed by atoms with E-state index in [4.69, 9.17) is 5.73 Å². The molecule has 0 fully saturated rings. The van der Waals surface area contributed by atoms with Gasteiger partial charge >= 0.3 is 0 Å². The number of anilines is 1. The minimum absolute atomic E-state index is 0.0489. The second kappa shape index (κ2) is 6.15. The smallest absolute Gasteiger partial charge is 0.264 e. The van der Waals surface area contributed by atoms with E-state index in [-0.39, 0.29) is 37.8 Å². The number of aromatic nitrogens is 1. The SMILES string of the molecule is C=C/C(=C\N=C)c1cc(C(F)F)c2c(N)c(C(C)=O)sc2n1. The lowest BCUT2D eigenvalue weighted by molar-refractivity contribution is 0.102. The van der Waals surface area contributed by atoms with Crippen molar-refractivity contribution in [3.8, 4) is 0 Å². The minimum Gasteiger partial charge on any atom is -0.397 e. The first-order valence-corrected chi connectivity index (χ1v) is 7.03. The summed E-state index contributed by atoms with van der Waals surface area (Å²) in [4.78, 5) is 20.0. The van der Waals surface area contributed by atoms with E-state index in [0.717, 1.165) is 11.3 Å². The van der Waals surface area contributed by atoms with E-state index in [2.05, 4.69) is 23.3 Å². The van der Waals surface area contributed by atoms with Gasteiger partial charge in [-0.05, 0) is 12.8 Å². The zero-order chi connectivity index (χ0) is 16.4. The Morgan fingerprint density at radius 3 is 2.73 bits per heavy atom. The van der Waals surface area contributed by atoms with E-state index >= 15 is 0 Å². The molecular formula is C15H13F2N3OS. The van der Waals surface area contributed by atoms with Crippen LogP contribution in [0.25, 0.3) is 15.8 Å². The molecule has 0 amide bonds. The molecule has 2 aromatic rings. The van der Waals surface area contributed by atoms with Crippen LogP contribution in [0.15, 0.2) is 29.9 Å². The lowest BCUT2D eigenvalue weighted by Crippen LogP contribution is -1.97. The predicted octanol–water partition coefficient (Wildman–Crippen LogP) is 4.25. The summed E-state index contributed by atoms with van der Waals surface area (Å²) in [6.07, 6.45) is 0.0731. The molecule has 2 aromatic heterocycles. The molecule has 0 saturated carbocycles. The number of Topliss-reactive ketones (excluding diaryl/α,β-unsaturated/α-hetero) is 1. The lowest BCUT2D eigenvalue weighted by atomic mass is 10.1. The van der Waals surface area contributed by atoms with Gasteiger partial charge in [0.1, 0.15) is 4.83 Å². The summed E-state index contributed by atoms with van der Waals surface area (Å²) < 4.78 is 26.8. The summed E-state index contributed by atoms with van der Waals surface area (Å²) in [5.74, 6) is -0.283. The van der Waals surface area contributed by atoms with E-state index in [9.17, 15) is 13.6 Å². The quantitative estimate of drug-likeness (QED) is 0.508. The molecule has 0 atom stereocenters. The number of aliphatic imine (C=N–C) groups is 1. The fraction of sp³-hybridized carbons (Fsp3) is 0.133. The van der Waals surface area contributed by atoms with E-state index in [1.165, 1.54) is 25.3 Å². The van der Waals surface area contributed by atoms with Gasteiger partial charge in [-0.3, -0.25) is 9.79 Å². The number of nitrogens with zero attached hydrogens (tertiary/aromatic N) is 2. The average molecular weight is 321 g/mol. The van der Waals surface area contributed by atoms with Gasteiger partial charge in [0.05, 0.1) is 16.3 Å². The van der Waals surface area contributed by atoms with E-state index < -0.39 is 6.43 Å². The van der Waals surface area contributed by atoms with Crippen LogP contribution in [-0.2, 0) is 0 Å². The molecule has 114 valence electrons. The maximum atomic E-state index is 13.4. The number of hydrogen-bond donors (Lipinski definition) is 1. The van der Waals surface area contributed by atoms with Crippen molar-refractivity contribution in [2.24, 2.45) is 4.99 Å². The Kier molecular flexibility index (Phi) is 4.46. The number of thiophene rings is 1. The normalized spacial score (nSPS) is 11.9. The van der Waals surface area contributed by atoms with Crippen molar-refractivity contribution in [3.63, 3.8) is 0 Å². The molecule has 0 radical (unpaired) electrons. The first-order valence-electron chi connectivity index (χ1n) is 6.21. The number of rotatable bonds is 5. The highest BCUT2D eigenvalue weighted by molar-refractivity contribution is 7.21. The molecule has 0 saturated heterocycles. The summed E-state index contributed by atoms with van der Waals surface area (Å²) in [6.45, 7) is 8.26. The number of halogens is 2. The van der Waals surface area contributed by atoms with Gasteiger partial charge in [0.15, 0.2) is 5.78 Å². The first kappa shape index (κ1) is 16.0. The lowest BCUT2D eigenvalue weighted by Gasteiger charge is -2.07. The Labute approximate surface area is 129 Å². The van der Waals surface area contributed by atoms with Crippen LogP contribution in [-0.4, -0.2) is 17.5 Å². The summed E-state index contributed by atoms with van der Waals surface area (Å²) in [7, 11) is 0. The molecule has 4 nitrogen and oxygen atoms in total. The van der Waals surface area contributed by atoms with Crippen molar-refractivity contribution in [2.45, 2.75) is 13.3 Å². The van der Waals surface area contributed by atoms with E-state index in [1.807, 2.05) is 0 Å². The van der Waals surface area contributed by atoms with Gasteiger partial charge in [-0.25, -0.2) is 13.8 Å². The molecule has 2 heterocycles. The molecule has 0 aromatic carbocycles. The molecule has 0 aliphatic rings. The highest BCUT2D eigenvalue weighted by atomic mass is 32.1. The molecule has 7 heteroatoms. The zero-order valence-electron chi connectivity index (χ0n) is 11.8. The maximum Gasteiger partial charge on any atom is 0.264 e. The van der Waals surface area contributed by atoms with Crippen LogP contribution in [0.5, 0.6) is 0 Å². The number of allylic oxidation sites excluding steroid dienone is 2. The second-order valence-corrected chi connectivity index (χ2v) is 5.45. The Bertz CT molecular complexity index is 809. The van der Waals surface area contributed by atoms with Crippen molar-refractivity contribution in [2.75, 3.05) is 5.73 Å². The zero-order valence-corrected chi connectivity index (χ0v) is 12.6. The molecule has 0 bridgehead atoms.